The van der Waals surface area contributed by atoms with Crippen LogP contribution in [0.3, 0.4) is 0 Å². The number of hydrogen-bond acceptors (Lipinski definition) is 4. The second kappa shape index (κ2) is 9.54. The van der Waals surface area contributed by atoms with Crippen LogP contribution >= 0.6 is 0 Å². The topological polar surface area (TPSA) is 80.6 Å². The van der Waals surface area contributed by atoms with Crippen LogP contribution in [0, 0.1) is 0 Å². The molecule has 7 nitrogen and oxygen atoms in total. The molecule has 3 rings (SSSR count). The lowest BCUT2D eigenvalue weighted by Gasteiger charge is -2.25. The quantitative estimate of drug-likeness (QED) is 0.647. The fraction of sp³-hybridized carbons (Fsp3) is 0.550. The Labute approximate surface area is 166 Å². The first-order valence-electron chi connectivity index (χ1n) is 9.96. The van der Waals surface area contributed by atoms with Gasteiger partial charge in [0, 0.05) is 49.9 Å². The lowest BCUT2D eigenvalue weighted by Crippen LogP contribution is -2.35. The summed E-state index contributed by atoms with van der Waals surface area (Å²) in [6, 6.07) is 6.99. The van der Waals surface area contributed by atoms with Gasteiger partial charge < -0.3 is 14.6 Å². The summed E-state index contributed by atoms with van der Waals surface area (Å²) in [6.45, 7) is 5.22. The summed E-state index contributed by atoms with van der Waals surface area (Å²) in [4.78, 5) is 12.5. The molecule has 0 aliphatic carbocycles. The van der Waals surface area contributed by atoms with Gasteiger partial charge in [-0.3, -0.25) is 4.79 Å². The molecule has 1 amide bonds. The van der Waals surface area contributed by atoms with E-state index in [0.717, 1.165) is 36.6 Å². The highest BCUT2D eigenvalue weighted by Crippen LogP contribution is 2.25. The highest BCUT2D eigenvalue weighted by molar-refractivity contribution is 7.89. The second-order valence-electron chi connectivity index (χ2n) is 7.03. The van der Waals surface area contributed by atoms with Crippen LogP contribution in [0.2, 0.25) is 0 Å². The number of sulfonamides is 1. The zero-order valence-electron chi connectivity index (χ0n) is 16.4. The third kappa shape index (κ3) is 4.92. The molecule has 0 bridgehead atoms. The molecule has 2 aromatic rings. The Bertz CT molecular complexity index is 901. The first-order valence-corrected chi connectivity index (χ1v) is 11.4. The highest BCUT2D eigenvalue weighted by Gasteiger charge is 2.26. The Hall–Kier alpha value is -1.90. The van der Waals surface area contributed by atoms with E-state index in [9.17, 15) is 13.2 Å². The van der Waals surface area contributed by atoms with Gasteiger partial charge in [0.05, 0.1) is 4.90 Å². The number of nitrogens with zero attached hydrogens (tertiary/aromatic N) is 2. The molecule has 0 unspecified atom stereocenters. The van der Waals surface area contributed by atoms with E-state index in [1.54, 1.807) is 22.5 Å². The van der Waals surface area contributed by atoms with Gasteiger partial charge in [-0.05, 0) is 50.5 Å². The van der Waals surface area contributed by atoms with Gasteiger partial charge in [-0.2, -0.15) is 4.31 Å². The highest BCUT2D eigenvalue weighted by atomic mass is 32.2. The SMILES string of the molecule is CCOCCCNC(=O)Cn1ccc2cc(S(=O)(=O)N3CCCCC3)ccc21. The van der Waals surface area contributed by atoms with Crippen molar-refractivity contribution in [2.75, 3.05) is 32.8 Å². The van der Waals surface area contributed by atoms with Crippen molar-refractivity contribution in [3.63, 3.8) is 0 Å². The number of carbonyl (C=O) groups is 1. The molecule has 0 spiro atoms. The van der Waals surface area contributed by atoms with Crippen molar-refractivity contribution in [1.82, 2.24) is 14.2 Å². The van der Waals surface area contributed by atoms with Crippen molar-refractivity contribution >= 4 is 26.8 Å². The van der Waals surface area contributed by atoms with Crippen molar-refractivity contribution < 1.29 is 17.9 Å². The Kier molecular flexibility index (Phi) is 7.09. The second-order valence-corrected chi connectivity index (χ2v) is 8.97. The minimum Gasteiger partial charge on any atom is -0.382 e. The molecule has 154 valence electrons. The molecule has 1 aromatic heterocycles. The van der Waals surface area contributed by atoms with Gasteiger partial charge in [0.15, 0.2) is 0 Å². The van der Waals surface area contributed by atoms with Crippen LogP contribution in [0.1, 0.15) is 32.6 Å². The van der Waals surface area contributed by atoms with E-state index in [-0.39, 0.29) is 12.5 Å². The van der Waals surface area contributed by atoms with E-state index in [1.165, 1.54) is 0 Å². The van der Waals surface area contributed by atoms with Crippen LogP contribution in [0.4, 0.5) is 0 Å². The molecule has 1 N–H and O–H groups in total. The van der Waals surface area contributed by atoms with Crippen LogP contribution in [0.15, 0.2) is 35.4 Å². The predicted octanol–water partition coefficient (Wildman–Crippen LogP) is 2.36. The lowest BCUT2D eigenvalue weighted by molar-refractivity contribution is -0.121. The van der Waals surface area contributed by atoms with E-state index >= 15 is 0 Å². The van der Waals surface area contributed by atoms with Gasteiger partial charge in [-0.1, -0.05) is 6.42 Å². The number of benzene rings is 1. The lowest BCUT2D eigenvalue weighted by atomic mass is 10.2. The summed E-state index contributed by atoms with van der Waals surface area (Å²) >= 11 is 0. The van der Waals surface area contributed by atoms with E-state index < -0.39 is 10.0 Å². The fourth-order valence-electron chi connectivity index (χ4n) is 3.49. The largest absolute Gasteiger partial charge is 0.382 e. The number of ether oxygens (including phenoxy) is 1. The van der Waals surface area contributed by atoms with Gasteiger partial charge in [0.25, 0.3) is 0 Å². The normalized spacial score (nSPS) is 15.8. The third-order valence-corrected chi connectivity index (χ3v) is 6.90. The summed E-state index contributed by atoms with van der Waals surface area (Å²) in [5, 5.41) is 3.70. The van der Waals surface area contributed by atoms with E-state index in [4.69, 9.17) is 4.74 Å². The number of amides is 1. The number of piperidine rings is 1. The number of aromatic nitrogens is 1. The first-order chi connectivity index (χ1) is 13.5. The van der Waals surface area contributed by atoms with Crippen molar-refractivity contribution in [3.05, 3.63) is 30.5 Å². The molecular formula is C20H29N3O4S. The molecule has 2 heterocycles. The zero-order chi connectivity index (χ0) is 20.0. The van der Waals surface area contributed by atoms with Crippen LogP contribution in [-0.2, 0) is 26.1 Å². The maximum atomic E-state index is 12.9. The van der Waals surface area contributed by atoms with Crippen LogP contribution in [0.25, 0.3) is 10.9 Å². The first kappa shape index (κ1) is 20.8. The van der Waals surface area contributed by atoms with E-state index in [0.29, 0.717) is 37.7 Å². The van der Waals surface area contributed by atoms with E-state index in [2.05, 4.69) is 5.32 Å². The molecule has 28 heavy (non-hydrogen) atoms. The molecular weight excluding hydrogens is 378 g/mol. The van der Waals surface area contributed by atoms with Gasteiger partial charge in [0.1, 0.15) is 6.54 Å². The molecule has 1 aromatic carbocycles. The summed E-state index contributed by atoms with van der Waals surface area (Å²) in [7, 11) is -3.45. The van der Waals surface area contributed by atoms with Crippen LogP contribution < -0.4 is 5.32 Å². The minimum atomic E-state index is -3.45. The Balaban J connectivity index is 1.66. The Morgan fingerprint density at radius 3 is 2.71 bits per heavy atom. The van der Waals surface area contributed by atoms with Gasteiger partial charge in [-0.15, -0.1) is 0 Å². The molecule has 0 saturated carbocycles. The fourth-order valence-corrected chi connectivity index (χ4v) is 5.04. The summed E-state index contributed by atoms with van der Waals surface area (Å²) in [5.74, 6) is -0.0704. The Morgan fingerprint density at radius 2 is 1.96 bits per heavy atom. The average molecular weight is 408 g/mol. The maximum Gasteiger partial charge on any atom is 0.243 e. The molecule has 0 atom stereocenters. The molecule has 8 heteroatoms. The van der Waals surface area contributed by atoms with Crippen molar-refractivity contribution in [3.8, 4) is 0 Å². The van der Waals surface area contributed by atoms with Crippen molar-refractivity contribution in [2.45, 2.75) is 44.0 Å². The van der Waals surface area contributed by atoms with Crippen LogP contribution in [0.5, 0.6) is 0 Å². The molecule has 1 aliphatic rings. The van der Waals surface area contributed by atoms with Gasteiger partial charge in [0.2, 0.25) is 15.9 Å². The Morgan fingerprint density at radius 1 is 1.18 bits per heavy atom. The smallest absolute Gasteiger partial charge is 0.243 e. The van der Waals surface area contributed by atoms with Crippen LogP contribution in [-0.4, -0.2) is 56.0 Å². The number of hydrogen-bond donors (Lipinski definition) is 1. The van der Waals surface area contributed by atoms with Crippen molar-refractivity contribution in [1.29, 1.82) is 0 Å². The van der Waals surface area contributed by atoms with Gasteiger partial charge >= 0.3 is 0 Å². The van der Waals surface area contributed by atoms with E-state index in [1.807, 2.05) is 23.8 Å². The number of rotatable bonds is 9. The predicted molar refractivity (Wildman–Crippen MR) is 109 cm³/mol. The average Bonchev–Trinajstić information content (AvgIpc) is 3.10. The number of nitrogens with one attached hydrogen (secondary N) is 1. The molecule has 1 fully saturated rings. The zero-order valence-corrected chi connectivity index (χ0v) is 17.2. The monoisotopic (exact) mass is 407 g/mol. The summed E-state index contributed by atoms with van der Waals surface area (Å²) in [5.41, 5.74) is 0.849. The molecule has 1 saturated heterocycles. The third-order valence-electron chi connectivity index (χ3n) is 5.00. The molecule has 0 radical (unpaired) electrons. The summed E-state index contributed by atoms with van der Waals surface area (Å²) in [6.07, 6.45) is 5.52. The van der Waals surface area contributed by atoms with Crippen molar-refractivity contribution in [2.24, 2.45) is 0 Å². The number of carbonyl (C=O) groups excluding carboxylic acids is 1. The number of fused-ring (bicyclic) bond motifs is 1. The molecule has 1 aliphatic heterocycles. The maximum absolute atomic E-state index is 12.9. The van der Waals surface area contributed by atoms with Gasteiger partial charge in [-0.25, -0.2) is 8.42 Å². The minimum absolute atomic E-state index is 0.0704. The summed E-state index contributed by atoms with van der Waals surface area (Å²) < 4.78 is 34.4. The standard InChI is InChI=1S/C20H29N3O4S/c1-2-27-14-6-10-21-20(24)16-22-13-9-17-15-18(7-8-19(17)22)28(25,26)23-11-4-3-5-12-23/h7-9,13,15H,2-6,10-12,14,16H2,1H3,(H,21,24).